The third-order valence-corrected chi connectivity index (χ3v) is 6.07. The summed E-state index contributed by atoms with van der Waals surface area (Å²) in [5, 5.41) is 6.42. The van der Waals surface area contributed by atoms with Gasteiger partial charge in [-0.1, -0.05) is 30.7 Å². The van der Waals surface area contributed by atoms with Crippen LogP contribution in [0.2, 0.25) is 5.02 Å². The quantitative estimate of drug-likeness (QED) is 0.540. The molecule has 3 aromatic rings. The lowest BCUT2D eigenvalue weighted by atomic mass is 9.92. The number of nitrogens with zero attached hydrogens (tertiary/aromatic N) is 1. The molecule has 0 bridgehead atoms. The lowest BCUT2D eigenvalue weighted by Gasteiger charge is -2.37. The smallest absolute Gasteiger partial charge is 0.253 e. The number of furan rings is 1. The Kier molecular flexibility index (Phi) is 7.33. The zero-order valence-electron chi connectivity index (χ0n) is 18.8. The number of hydrogen-bond donors (Lipinski definition) is 2. The number of likely N-dealkylation sites (tertiary alicyclic amines) is 1. The van der Waals surface area contributed by atoms with Crippen molar-refractivity contribution in [2.45, 2.75) is 25.8 Å². The molecule has 2 N–H and O–H groups in total. The van der Waals surface area contributed by atoms with E-state index in [2.05, 4.69) is 10.6 Å². The molecule has 2 unspecified atom stereocenters. The second-order valence-electron chi connectivity index (χ2n) is 8.32. The van der Waals surface area contributed by atoms with Crippen LogP contribution in [0.25, 0.3) is 11.3 Å². The van der Waals surface area contributed by atoms with Crippen molar-refractivity contribution in [2.24, 2.45) is 5.92 Å². The first-order chi connectivity index (χ1) is 16.4. The lowest BCUT2D eigenvalue weighted by Crippen LogP contribution is -2.54. The topological polar surface area (TPSA) is 91.7 Å². The molecule has 2 aromatic carbocycles. The zero-order chi connectivity index (χ0) is 24.1. The minimum Gasteiger partial charge on any atom is -0.464 e. The lowest BCUT2D eigenvalue weighted by molar-refractivity contribution is -0.125. The van der Waals surface area contributed by atoms with Gasteiger partial charge in [-0.2, -0.15) is 0 Å². The summed E-state index contributed by atoms with van der Waals surface area (Å²) in [6, 6.07) is 17.3. The Morgan fingerprint density at radius 2 is 1.85 bits per heavy atom. The minimum atomic E-state index is -0.483. The molecule has 1 aliphatic heterocycles. The fourth-order valence-electron chi connectivity index (χ4n) is 4.10. The monoisotopic (exact) mass is 479 g/mol. The molecule has 0 radical (unpaired) electrons. The Hall–Kier alpha value is -3.58. The third-order valence-electron chi connectivity index (χ3n) is 5.82. The van der Waals surface area contributed by atoms with Crippen LogP contribution in [0.4, 0.5) is 5.69 Å². The fourth-order valence-corrected chi connectivity index (χ4v) is 4.22. The van der Waals surface area contributed by atoms with Gasteiger partial charge in [0.15, 0.2) is 0 Å². The van der Waals surface area contributed by atoms with E-state index >= 15 is 0 Å². The van der Waals surface area contributed by atoms with Gasteiger partial charge in [0, 0.05) is 47.4 Å². The molecule has 4 rings (SSSR count). The maximum Gasteiger partial charge on any atom is 0.253 e. The van der Waals surface area contributed by atoms with E-state index in [0.717, 1.165) is 5.56 Å². The van der Waals surface area contributed by atoms with Crippen molar-refractivity contribution in [3.63, 3.8) is 0 Å². The minimum absolute atomic E-state index is 0.115. The summed E-state index contributed by atoms with van der Waals surface area (Å²) < 4.78 is 5.45. The van der Waals surface area contributed by atoms with E-state index in [4.69, 9.17) is 16.0 Å². The molecule has 34 heavy (non-hydrogen) atoms. The molecule has 1 aliphatic rings. The Bertz CT molecular complexity index is 1160. The van der Waals surface area contributed by atoms with Crippen LogP contribution in [0.3, 0.4) is 0 Å². The molecular weight excluding hydrogens is 454 g/mol. The Labute approximate surface area is 203 Å². The molecule has 3 amide bonds. The van der Waals surface area contributed by atoms with Gasteiger partial charge in [0.2, 0.25) is 11.8 Å². The predicted molar refractivity (Wildman–Crippen MR) is 130 cm³/mol. The van der Waals surface area contributed by atoms with Crippen LogP contribution in [0.15, 0.2) is 71.3 Å². The van der Waals surface area contributed by atoms with E-state index in [0.29, 0.717) is 41.4 Å². The number of carbonyl (C=O) groups is 3. The maximum absolute atomic E-state index is 13.4. The second-order valence-corrected chi connectivity index (χ2v) is 8.75. The van der Waals surface area contributed by atoms with E-state index in [-0.39, 0.29) is 30.3 Å². The fraction of sp³-hybridized carbons (Fsp3) is 0.269. The van der Waals surface area contributed by atoms with E-state index in [1.165, 1.54) is 0 Å². The molecule has 2 heterocycles. The Balaban J connectivity index is 1.53. The van der Waals surface area contributed by atoms with Gasteiger partial charge in [-0.25, -0.2) is 0 Å². The van der Waals surface area contributed by atoms with E-state index in [9.17, 15) is 14.4 Å². The average Bonchev–Trinajstić information content (AvgIpc) is 3.40. The van der Waals surface area contributed by atoms with Gasteiger partial charge >= 0.3 is 0 Å². The van der Waals surface area contributed by atoms with Crippen LogP contribution < -0.4 is 10.6 Å². The molecule has 2 atom stereocenters. The van der Waals surface area contributed by atoms with E-state index < -0.39 is 5.92 Å². The van der Waals surface area contributed by atoms with Crippen LogP contribution in [0.5, 0.6) is 0 Å². The molecule has 7 nitrogen and oxygen atoms in total. The van der Waals surface area contributed by atoms with Crippen molar-refractivity contribution in [1.82, 2.24) is 10.2 Å². The van der Waals surface area contributed by atoms with Crippen LogP contribution in [-0.4, -0.2) is 41.8 Å². The number of nitrogens with one attached hydrogen (secondary N) is 2. The molecule has 0 saturated carbocycles. The highest BCUT2D eigenvalue weighted by Gasteiger charge is 2.35. The maximum atomic E-state index is 13.4. The number of anilines is 1. The molecule has 1 fully saturated rings. The van der Waals surface area contributed by atoms with Crippen LogP contribution >= 0.6 is 11.6 Å². The summed E-state index contributed by atoms with van der Waals surface area (Å²) in [4.78, 5) is 40.2. The molecule has 8 heteroatoms. The van der Waals surface area contributed by atoms with Crippen molar-refractivity contribution >= 4 is 35.0 Å². The Morgan fingerprint density at radius 3 is 2.56 bits per heavy atom. The van der Waals surface area contributed by atoms with Gasteiger partial charge in [0.25, 0.3) is 5.91 Å². The summed E-state index contributed by atoms with van der Waals surface area (Å²) in [5.74, 6) is -0.339. The SMILES string of the molecule is CCC(=O)NC1CC(C(=O)Nc2ccc(Cl)cc2)CN(C(=O)c2cccc(-c3ccco3)c2)C1. The van der Waals surface area contributed by atoms with Gasteiger partial charge in [-0.05, 0) is 55.0 Å². The number of halogens is 1. The van der Waals surface area contributed by atoms with Crippen molar-refractivity contribution in [1.29, 1.82) is 0 Å². The summed E-state index contributed by atoms with van der Waals surface area (Å²) in [7, 11) is 0. The van der Waals surface area contributed by atoms with Gasteiger partial charge in [-0.3, -0.25) is 14.4 Å². The zero-order valence-corrected chi connectivity index (χ0v) is 19.5. The molecule has 0 aliphatic carbocycles. The number of rotatable bonds is 6. The number of benzene rings is 2. The van der Waals surface area contributed by atoms with Crippen molar-refractivity contribution in [2.75, 3.05) is 18.4 Å². The van der Waals surface area contributed by atoms with Crippen molar-refractivity contribution in [3.05, 3.63) is 77.5 Å². The first-order valence-electron chi connectivity index (χ1n) is 11.2. The van der Waals surface area contributed by atoms with Gasteiger partial charge < -0.3 is 20.0 Å². The number of hydrogen-bond acceptors (Lipinski definition) is 4. The molecule has 176 valence electrons. The number of amides is 3. The highest BCUT2D eigenvalue weighted by atomic mass is 35.5. The molecule has 0 spiro atoms. The van der Waals surface area contributed by atoms with E-state index in [1.54, 1.807) is 66.6 Å². The molecular formula is C26H26ClN3O4. The van der Waals surface area contributed by atoms with Gasteiger partial charge in [0.1, 0.15) is 5.76 Å². The second kappa shape index (κ2) is 10.6. The largest absolute Gasteiger partial charge is 0.464 e. The van der Waals surface area contributed by atoms with Crippen molar-refractivity contribution < 1.29 is 18.8 Å². The summed E-state index contributed by atoms with van der Waals surface area (Å²) in [6.07, 6.45) is 2.36. The van der Waals surface area contributed by atoms with Crippen LogP contribution in [0.1, 0.15) is 30.1 Å². The highest BCUT2D eigenvalue weighted by molar-refractivity contribution is 6.30. The third kappa shape index (κ3) is 5.66. The highest BCUT2D eigenvalue weighted by Crippen LogP contribution is 2.25. The number of carbonyl (C=O) groups excluding carboxylic acids is 3. The summed E-state index contributed by atoms with van der Waals surface area (Å²) >= 11 is 5.93. The molecule has 1 aromatic heterocycles. The van der Waals surface area contributed by atoms with Gasteiger partial charge in [0.05, 0.1) is 12.2 Å². The Morgan fingerprint density at radius 1 is 1.06 bits per heavy atom. The average molecular weight is 480 g/mol. The summed E-state index contributed by atoms with van der Waals surface area (Å²) in [6.45, 7) is 2.36. The van der Waals surface area contributed by atoms with Crippen LogP contribution in [0, 0.1) is 5.92 Å². The standard InChI is InChI=1S/C26H26ClN3O4/c1-2-24(31)28-22-14-19(25(32)29-21-10-8-20(27)9-11-21)15-30(16-22)26(33)18-6-3-5-17(13-18)23-7-4-12-34-23/h3-13,19,22H,2,14-16H2,1H3,(H,28,31)(H,29,32). The van der Waals surface area contributed by atoms with Crippen LogP contribution in [-0.2, 0) is 9.59 Å². The van der Waals surface area contributed by atoms with E-state index in [1.807, 2.05) is 12.1 Å². The van der Waals surface area contributed by atoms with Crippen molar-refractivity contribution in [3.8, 4) is 11.3 Å². The first kappa shape index (κ1) is 23.6. The summed E-state index contributed by atoms with van der Waals surface area (Å²) in [5.41, 5.74) is 1.91. The first-order valence-corrected chi connectivity index (χ1v) is 11.6. The number of piperidine rings is 1. The molecule has 1 saturated heterocycles. The normalized spacial score (nSPS) is 17.8. The van der Waals surface area contributed by atoms with Gasteiger partial charge in [-0.15, -0.1) is 0 Å². The predicted octanol–water partition coefficient (Wildman–Crippen LogP) is 4.60.